The predicted molar refractivity (Wildman–Crippen MR) is 118 cm³/mol. The molecule has 0 bridgehead atoms. The Bertz CT molecular complexity index is 1030. The van der Waals surface area contributed by atoms with Crippen molar-refractivity contribution >= 4 is 5.97 Å². The first kappa shape index (κ1) is 20.0. The zero-order valence-corrected chi connectivity index (χ0v) is 17.3. The van der Waals surface area contributed by atoms with E-state index in [9.17, 15) is 9.90 Å². The highest BCUT2D eigenvalue weighted by molar-refractivity contribution is 5.91. The summed E-state index contributed by atoms with van der Waals surface area (Å²) < 4.78 is 6.14. The fourth-order valence-corrected chi connectivity index (χ4v) is 4.24. The molecule has 0 atom stereocenters. The fraction of sp³-hybridized carbons (Fsp3) is 0.222. The van der Waals surface area contributed by atoms with Gasteiger partial charge in [-0.05, 0) is 17.0 Å². The van der Waals surface area contributed by atoms with Gasteiger partial charge in [0.1, 0.15) is 5.76 Å². The molecule has 1 heterocycles. The third kappa shape index (κ3) is 3.63. The van der Waals surface area contributed by atoms with Crippen LogP contribution in [0.1, 0.15) is 48.4 Å². The van der Waals surface area contributed by atoms with Gasteiger partial charge in [-0.2, -0.15) is 0 Å². The quantitative estimate of drug-likeness (QED) is 0.532. The number of cyclic esters (lactones) is 1. The second kappa shape index (κ2) is 8.19. The van der Waals surface area contributed by atoms with Crippen molar-refractivity contribution in [3.8, 4) is 0 Å². The number of aliphatic hydroxyl groups excluding tert-OH is 1. The molecule has 0 aromatic heterocycles. The number of hydrogen-bond acceptors (Lipinski definition) is 3. The van der Waals surface area contributed by atoms with Crippen LogP contribution in [0.4, 0.5) is 0 Å². The molecule has 1 aliphatic heterocycles. The Balaban J connectivity index is 1.77. The summed E-state index contributed by atoms with van der Waals surface area (Å²) in [7, 11) is 0. The molecule has 3 aromatic carbocycles. The van der Waals surface area contributed by atoms with Gasteiger partial charge in [0.15, 0.2) is 5.60 Å². The minimum absolute atomic E-state index is 0.0949. The van der Waals surface area contributed by atoms with E-state index >= 15 is 0 Å². The van der Waals surface area contributed by atoms with Crippen molar-refractivity contribution < 1.29 is 14.6 Å². The van der Waals surface area contributed by atoms with E-state index in [-0.39, 0.29) is 12.2 Å². The Labute approximate surface area is 177 Å². The molecule has 4 rings (SSSR count). The lowest BCUT2D eigenvalue weighted by Crippen LogP contribution is -2.39. The molecule has 0 amide bonds. The number of rotatable bonds is 5. The Morgan fingerprint density at radius 3 is 1.93 bits per heavy atom. The van der Waals surface area contributed by atoms with Crippen molar-refractivity contribution in [3.05, 3.63) is 119 Å². The van der Waals surface area contributed by atoms with E-state index in [0.29, 0.717) is 17.9 Å². The van der Waals surface area contributed by atoms with Crippen molar-refractivity contribution in [1.29, 1.82) is 0 Å². The molecule has 152 valence electrons. The predicted octanol–water partition coefficient (Wildman–Crippen LogP) is 6.06. The minimum atomic E-state index is -1.04. The highest BCUT2D eigenvalue weighted by atomic mass is 16.6. The van der Waals surface area contributed by atoms with Crippen LogP contribution in [0.25, 0.3) is 0 Å². The summed E-state index contributed by atoms with van der Waals surface area (Å²) in [6.07, 6.45) is 0.574. The van der Waals surface area contributed by atoms with Gasteiger partial charge in [0, 0.05) is 17.5 Å². The van der Waals surface area contributed by atoms with Crippen LogP contribution in [0.3, 0.4) is 0 Å². The lowest BCUT2D eigenvalue weighted by Gasteiger charge is -2.38. The van der Waals surface area contributed by atoms with Gasteiger partial charge in [-0.15, -0.1) is 0 Å². The van der Waals surface area contributed by atoms with Crippen molar-refractivity contribution in [2.75, 3.05) is 0 Å². The highest BCUT2D eigenvalue weighted by Crippen LogP contribution is 2.43. The topological polar surface area (TPSA) is 46.5 Å². The fourth-order valence-electron chi connectivity index (χ4n) is 4.24. The van der Waals surface area contributed by atoms with Gasteiger partial charge < -0.3 is 9.84 Å². The molecule has 3 heteroatoms. The number of aliphatic hydroxyl groups is 1. The summed E-state index contributed by atoms with van der Waals surface area (Å²) in [6.45, 7) is 4.25. The van der Waals surface area contributed by atoms with E-state index in [1.54, 1.807) is 0 Å². The zero-order chi connectivity index (χ0) is 21.1. The van der Waals surface area contributed by atoms with Crippen molar-refractivity contribution in [1.82, 2.24) is 0 Å². The Morgan fingerprint density at radius 2 is 1.40 bits per heavy atom. The van der Waals surface area contributed by atoms with E-state index in [1.165, 1.54) is 5.56 Å². The first-order valence-corrected chi connectivity index (χ1v) is 10.3. The average molecular weight is 399 g/mol. The number of carbonyl (C=O) groups is 1. The van der Waals surface area contributed by atoms with E-state index in [2.05, 4.69) is 19.9 Å². The second-order valence-electron chi connectivity index (χ2n) is 8.08. The number of esters is 1. The second-order valence-corrected chi connectivity index (χ2v) is 8.08. The van der Waals surface area contributed by atoms with Crippen LogP contribution in [-0.4, -0.2) is 11.1 Å². The normalized spacial score (nSPS) is 15.9. The summed E-state index contributed by atoms with van der Waals surface area (Å²) in [5, 5.41) is 11.1. The third-order valence-electron chi connectivity index (χ3n) is 5.80. The standard InChI is InChI=1S/C27H26O3/c1-19(2)23-16-10-9-11-20(23)17-24-25(28)18-27(30-26(24)29,21-12-5-3-6-13-21)22-14-7-4-8-15-22/h3-16,19,28H,17-18H2,1-2H3. The Kier molecular flexibility index (Phi) is 5.45. The van der Waals surface area contributed by atoms with Gasteiger partial charge in [-0.25, -0.2) is 4.79 Å². The lowest BCUT2D eigenvalue weighted by molar-refractivity contribution is -0.155. The number of benzene rings is 3. The smallest absolute Gasteiger partial charge is 0.339 e. The largest absolute Gasteiger partial charge is 0.512 e. The molecule has 0 spiro atoms. The maximum absolute atomic E-state index is 13.2. The summed E-state index contributed by atoms with van der Waals surface area (Å²) in [4.78, 5) is 13.2. The molecule has 1 N–H and O–H groups in total. The van der Waals surface area contributed by atoms with Crippen LogP contribution in [0.5, 0.6) is 0 Å². The highest BCUT2D eigenvalue weighted by Gasteiger charge is 2.44. The molecule has 0 saturated carbocycles. The molecule has 0 unspecified atom stereocenters. The molecular weight excluding hydrogens is 372 g/mol. The van der Waals surface area contributed by atoms with Crippen LogP contribution in [0.2, 0.25) is 0 Å². The summed E-state index contributed by atoms with van der Waals surface area (Å²) in [6, 6.07) is 27.3. The van der Waals surface area contributed by atoms with Crippen LogP contribution < -0.4 is 0 Å². The molecular formula is C27H26O3. The van der Waals surface area contributed by atoms with E-state index in [0.717, 1.165) is 16.7 Å². The van der Waals surface area contributed by atoms with Gasteiger partial charge in [-0.1, -0.05) is 98.8 Å². The Hall–Kier alpha value is -3.33. The summed E-state index contributed by atoms with van der Waals surface area (Å²) in [5.41, 5.74) is 3.21. The lowest BCUT2D eigenvalue weighted by atomic mass is 9.79. The number of ether oxygens (including phenoxy) is 1. The molecule has 3 nitrogen and oxygen atoms in total. The molecule has 0 fully saturated rings. The maximum Gasteiger partial charge on any atom is 0.339 e. The van der Waals surface area contributed by atoms with Crippen molar-refractivity contribution in [2.24, 2.45) is 0 Å². The minimum Gasteiger partial charge on any atom is -0.512 e. The van der Waals surface area contributed by atoms with E-state index < -0.39 is 11.6 Å². The first-order valence-electron chi connectivity index (χ1n) is 10.3. The molecule has 1 aliphatic rings. The Morgan fingerprint density at radius 1 is 0.867 bits per heavy atom. The van der Waals surface area contributed by atoms with E-state index in [1.807, 2.05) is 78.9 Å². The number of hydrogen-bond donors (Lipinski definition) is 1. The van der Waals surface area contributed by atoms with Crippen molar-refractivity contribution in [2.45, 2.75) is 38.2 Å². The van der Waals surface area contributed by atoms with Crippen LogP contribution in [0, 0.1) is 0 Å². The maximum atomic E-state index is 13.2. The van der Waals surface area contributed by atoms with Gasteiger partial charge in [0.2, 0.25) is 0 Å². The molecule has 30 heavy (non-hydrogen) atoms. The van der Waals surface area contributed by atoms with Gasteiger partial charge in [0.25, 0.3) is 0 Å². The summed E-state index contributed by atoms with van der Waals surface area (Å²) >= 11 is 0. The van der Waals surface area contributed by atoms with Crippen LogP contribution in [0.15, 0.2) is 96.3 Å². The summed E-state index contributed by atoms with van der Waals surface area (Å²) in [5.74, 6) is -0.0428. The average Bonchev–Trinajstić information content (AvgIpc) is 2.77. The van der Waals surface area contributed by atoms with Gasteiger partial charge in [-0.3, -0.25) is 0 Å². The molecule has 0 radical (unpaired) electrons. The zero-order valence-electron chi connectivity index (χ0n) is 17.3. The van der Waals surface area contributed by atoms with Crippen LogP contribution in [-0.2, 0) is 21.6 Å². The molecule has 0 aliphatic carbocycles. The first-order chi connectivity index (χ1) is 14.5. The van der Waals surface area contributed by atoms with Gasteiger partial charge in [0.05, 0.1) is 12.0 Å². The molecule has 0 saturated heterocycles. The monoisotopic (exact) mass is 398 g/mol. The number of carbonyl (C=O) groups excluding carboxylic acids is 1. The van der Waals surface area contributed by atoms with E-state index in [4.69, 9.17) is 4.74 Å². The molecule has 3 aromatic rings. The van der Waals surface area contributed by atoms with Crippen LogP contribution >= 0.6 is 0 Å². The van der Waals surface area contributed by atoms with Crippen molar-refractivity contribution in [3.63, 3.8) is 0 Å². The SMILES string of the molecule is CC(C)c1ccccc1CC1=C(O)CC(c2ccccc2)(c2ccccc2)OC1=O. The van der Waals surface area contributed by atoms with Gasteiger partial charge >= 0.3 is 5.97 Å². The third-order valence-corrected chi connectivity index (χ3v) is 5.80.